The summed E-state index contributed by atoms with van der Waals surface area (Å²) in [6, 6.07) is 0. The Morgan fingerprint density at radius 2 is 2.12 bits per heavy atom. The highest BCUT2D eigenvalue weighted by Gasteiger charge is 1.88. The lowest BCUT2D eigenvalue weighted by Crippen LogP contribution is -1.80. The Labute approximate surface area is 60.0 Å². The largest absolute Gasteiger partial charge is 0.0872 e. The third-order valence-corrected chi connectivity index (χ3v) is 3.37. The van der Waals surface area contributed by atoms with Crippen LogP contribution in [0.25, 0.3) is 0 Å². The number of hydrogen-bond acceptors (Lipinski definition) is 0. The van der Waals surface area contributed by atoms with Crippen LogP contribution in [0.5, 0.6) is 0 Å². The third kappa shape index (κ3) is 1.54. The van der Waals surface area contributed by atoms with Gasteiger partial charge in [-0.1, -0.05) is 39.0 Å². The van der Waals surface area contributed by atoms with Crippen molar-refractivity contribution in [2.45, 2.75) is 13.8 Å². The first-order valence-electron chi connectivity index (χ1n) is 2.62. The van der Waals surface area contributed by atoms with Crippen molar-refractivity contribution < 1.29 is 0 Å². The molecule has 0 amide bonds. The van der Waals surface area contributed by atoms with Gasteiger partial charge < -0.3 is 0 Å². The zero-order chi connectivity index (χ0) is 5.98. The molecule has 8 heavy (non-hydrogen) atoms. The number of allylic oxidation sites excluding steroid dienone is 4. The topological polar surface area (TPSA) is 0 Å². The molecule has 0 atom stereocenters. The van der Waals surface area contributed by atoms with Gasteiger partial charge in [0, 0.05) is 0 Å². The molecule has 0 unspecified atom stereocenters. The van der Waals surface area contributed by atoms with Crippen molar-refractivity contribution in [1.29, 1.82) is 0 Å². The molecule has 1 aliphatic heterocycles. The van der Waals surface area contributed by atoms with E-state index in [0.717, 1.165) is 0 Å². The summed E-state index contributed by atoms with van der Waals surface area (Å²) < 4.78 is 3.15. The molecule has 0 radical (unpaired) electrons. The van der Waals surface area contributed by atoms with Crippen LogP contribution in [0.4, 0.5) is 0 Å². The Morgan fingerprint density at radius 3 is 2.50 bits per heavy atom. The molecule has 0 aliphatic carbocycles. The minimum Gasteiger partial charge on any atom is -0.0872 e. The lowest BCUT2D eigenvalue weighted by Gasteiger charge is -1.96. The fourth-order valence-corrected chi connectivity index (χ4v) is 2.73. The maximum absolute atomic E-state index is 2.21. The second-order valence-electron chi connectivity index (χ2n) is 1.79. The molecule has 0 saturated carbocycles. The van der Waals surface area contributed by atoms with Crippen LogP contribution >= 0.6 is 20.7 Å². The number of hydrogen-bond donors (Lipinski definition) is 0. The van der Waals surface area contributed by atoms with Crippen LogP contribution < -0.4 is 0 Å². The Hall–Kier alpha value is 0.0800. The first kappa shape index (κ1) is 6.20. The summed E-state index contributed by atoms with van der Waals surface area (Å²) in [4.78, 5) is 0. The Morgan fingerprint density at radius 1 is 1.38 bits per heavy atom. The van der Waals surface area contributed by atoms with Gasteiger partial charge in [0.25, 0.3) is 0 Å². The zero-order valence-corrected chi connectivity index (χ0v) is 7.27. The van der Waals surface area contributed by atoms with E-state index in [-0.39, 0.29) is 20.7 Å². The summed E-state index contributed by atoms with van der Waals surface area (Å²) in [6.45, 7) is 4.42. The molecule has 0 saturated heterocycles. The van der Waals surface area contributed by atoms with E-state index >= 15 is 0 Å². The SMILES string of the molecule is CC1=CC=CC(C)=I1. The molecule has 0 aromatic rings. The molecule has 0 aromatic heterocycles. The quantitative estimate of drug-likeness (QED) is 0.550. The molecule has 44 valence electrons. The van der Waals surface area contributed by atoms with Gasteiger partial charge in [0.2, 0.25) is 0 Å². The summed E-state index contributed by atoms with van der Waals surface area (Å²) in [6.07, 6.45) is 6.55. The van der Waals surface area contributed by atoms with Gasteiger partial charge >= 0.3 is 0 Å². The molecule has 0 aromatic carbocycles. The van der Waals surface area contributed by atoms with Crippen molar-refractivity contribution in [3.8, 4) is 0 Å². The van der Waals surface area contributed by atoms with Gasteiger partial charge in [-0.3, -0.25) is 0 Å². The molecular formula is C7H9I. The summed E-state index contributed by atoms with van der Waals surface area (Å²) in [5.41, 5.74) is 0. The molecule has 0 bridgehead atoms. The molecule has 0 spiro atoms. The normalized spacial score (nSPS) is 18.8. The monoisotopic (exact) mass is 220 g/mol. The average Bonchev–Trinajstić information content (AvgIpc) is 1.64. The average molecular weight is 220 g/mol. The van der Waals surface area contributed by atoms with Crippen LogP contribution in [-0.4, -0.2) is 3.51 Å². The minimum atomic E-state index is 0.280. The van der Waals surface area contributed by atoms with E-state index in [9.17, 15) is 0 Å². The van der Waals surface area contributed by atoms with Gasteiger partial charge in [-0.2, -0.15) is 0 Å². The summed E-state index contributed by atoms with van der Waals surface area (Å²) in [7, 11) is 0. The Kier molecular flexibility index (Phi) is 2.00. The van der Waals surface area contributed by atoms with E-state index in [1.54, 1.807) is 7.09 Å². The highest BCUT2D eigenvalue weighted by Crippen LogP contribution is 2.18. The predicted octanol–water partition coefficient (Wildman–Crippen LogP) is 2.62. The van der Waals surface area contributed by atoms with E-state index in [4.69, 9.17) is 0 Å². The van der Waals surface area contributed by atoms with E-state index in [1.807, 2.05) is 0 Å². The molecule has 1 heteroatoms. The molecule has 1 aliphatic rings. The lowest BCUT2D eigenvalue weighted by molar-refractivity contribution is 1.71. The molecule has 0 fully saturated rings. The highest BCUT2D eigenvalue weighted by molar-refractivity contribution is 14.2. The summed E-state index contributed by atoms with van der Waals surface area (Å²) >= 11 is 0.280. The molecular weight excluding hydrogens is 211 g/mol. The van der Waals surface area contributed by atoms with Crippen LogP contribution in [0.15, 0.2) is 21.8 Å². The Balaban J connectivity index is 2.89. The zero-order valence-electron chi connectivity index (χ0n) is 5.11. The van der Waals surface area contributed by atoms with Crippen molar-refractivity contribution in [2.75, 3.05) is 0 Å². The van der Waals surface area contributed by atoms with Crippen LogP contribution in [0.3, 0.4) is 0 Å². The number of halogens is 1. The van der Waals surface area contributed by atoms with Crippen LogP contribution in [-0.2, 0) is 0 Å². The molecule has 1 rings (SSSR count). The van der Waals surface area contributed by atoms with Crippen molar-refractivity contribution in [1.82, 2.24) is 0 Å². The van der Waals surface area contributed by atoms with E-state index in [0.29, 0.717) is 0 Å². The molecule has 1 heterocycles. The minimum absolute atomic E-state index is 0.280. The van der Waals surface area contributed by atoms with Crippen molar-refractivity contribution in [3.05, 3.63) is 21.8 Å². The smallest absolute Gasteiger partial charge is 0.0175 e. The second kappa shape index (κ2) is 2.58. The fraction of sp³-hybridized carbons (Fsp3) is 0.286. The van der Waals surface area contributed by atoms with Crippen LogP contribution in [0, 0.1) is 0 Å². The van der Waals surface area contributed by atoms with E-state index in [1.165, 1.54) is 0 Å². The first-order chi connectivity index (χ1) is 3.79. The van der Waals surface area contributed by atoms with E-state index in [2.05, 4.69) is 32.1 Å². The summed E-state index contributed by atoms with van der Waals surface area (Å²) in [5.74, 6) is 0. The van der Waals surface area contributed by atoms with Gasteiger partial charge in [-0.25, -0.2) is 0 Å². The lowest BCUT2D eigenvalue weighted by atomic mass is 10.4. The Bertz CT molecular complexity index is 170. The third-order valence-electron chi connectivity index (χ3n) is 0.950. The van der Waals surface area contributed by atoms with Gasteiger partial charge in [0.05, 0.1) is 0 Å². The first-order valence-corrected chi connectivity index (χ1v) is 4.78. The van der Waals surface area contributed by atoms with Crippen LogP contribution in [0.2, 0.25) is 0 Å². The molecule has 0 nitrogen and oxygen atoms in total. The maximum Gasteiger partial charge on any atom is -0.0175 e. The number of rotatable bonds is 0. The predicted molar refractivity (Wildman–Crippen MR) is 47.6 cm³/mol. The fourth-order valence-electron chi connectivity index (χ4n) is 0.611. The second-order valence-corrected chi connectivity index (χ2v) is 5.74. The highest BCUT2D eigenvalue weighted by atomic mass is 127. The maximum atomic E-state index is 2.21. The van der Waals surface area contributed by atoms with Gasteiger partial charge in [0.15, 0.2) is 0 Å². The van der Waals surface area contributed by atoms with Crippen molar-refractivity contribution in [3.63, 3.8) is 0 Å². The summed E-state index contributed by atoms with van der Waals surface area (Å²) in [5, 5.41) is 0. The van der Waals surface area contributed by atoms with E-state index < -0.39 is 0 Å². The standard InChI is InChI=1S/C7H9I/c1-6-4-3-5-7(2)8-6/h3-5H,1-2H3. The van der Waals surface area contributed by atoms with Crippen molar-refractivity contribution >= 4 is 24.2 Å². The van der Waals surface area contributed by atoms with Gasteiger partial charge in [-0.05, 0) is 20.9 Å². The van der Waals surface area contributed by atoms with Gasteiger partial charge in [0.1, 0.15) is 0 Å². The van der Waals surface area contributed by atoms with Gasteiger partial charge in [-0.15, -0.1) is 0 Å². The van der Waals surface area contributed by atoms with Crippen molar-refractivity contribution in [2.24, 2.45) is 0 Å². The van der Waals surface area contributed by atoms with Crippen LogP contribution in [0.1, 0.15) is 13.8 Å². The molecule has 0 N–H and O–H groups in total.